The van der Waals surface area contributed by atoms with Crippen LogP contribution in [0.2, 0.25) is 0 Å². The number of nitrogens with zero attached hydrogens (tertiary/aromatic N) is 1. The standard InChI is InChI=1S/C13H12F3NO2/c14-13(15,16)10-5-3-4-9(11(10)19)12(17-8-18)6-1-2-7-12/h3-5,19H,1-2,6-7H2. The van der Waals surface area contributed by atoms with E-state index in [1.165, 1.54) is 18.2 Å². The number of carbonyl (C=O) groups excluding carboxylic acids is 1. The number of rotatable bonds is 2. The van der Waals surface area contributed by atoms with Gasteiger partial charge in [0.15, 0.2) is 0 Å². The molecule has 1 aromatic carbocycles. The number of phenols is 1. The van der Waals surface area contributed by atoms with Gasteiger partial charge < -0.3 is 5.11 Å². The Labute approximate surface area is 107 Å². The summed E-state index contributed by atoms with van der Waals surface area (Å²) in [4.78, 5) is 14.2. The molecular weight excluding hydrogens is 259 g/mol. The second kappa shape index (κ2) is 4.70. The highest BCUT2D eigenvalue weighted by Crippen LogP contribution is 2.48. The van der Waals surface area contributed by atoms with E-state index in [2.05, 4.69) is 4.99 Å². The number of para-hydroxylation sites is 1. The van der Waals surface area contributed by atoms with Gasteiger partial charge in [0.1, 0.15) is 11.3 Å². The lowest BCUT2D eigenvalue weighted by molar-refractivity contribution is -0.138. The van der Waals surface area contributed by atoms with Crippen molar-refractivity contribution in [3.05, 3.63) is 29.3 Å². The summed E-state index contributed by atoms with van der Waals surface area (Å²) in [5, 5.41) is 9.87. The largest absolute Gasteiger partial charge is 0.507 e. The first kappa shape index (κ1) is 13.6. The SMILES string of the molecule is O=C=NC1(c2cccc(C(F)(F)F)c2O)CCCC1. The fourth-order valence-electron chi connectivity index (χ4n) is 2.64. The molecule has 1 aliphatic rings. The van der Waals surface area contributed by atoms with Crippen LogP contribution in [0.1, 0.15) is 36.8 Å². The summed E-state index contributed by atoms with van der Waals surface area (Å²) in [5.41, 5.74) is -2.10. The number of isocyanates is 1. The van der Waals surface area contributed by atoms with Crippen LogP contribution >= 0.6 is 0 Å². The minimum atomic E-state index is -4.63. The maximum absolute atomic E-state index is 12.8. The third-order valence-corrected chi connectivity index (χ3v) is 3.53. The summed E-state index contributed by atoms with van der Waals surface area (Å²) in [7, 11) is 0. The van der Waals surface area contributed by atoms with Crippen LogP contribution in [-0.2, 0) is 16.5 Å². The van der Waals surface area contributed by atoms with Crippen LogP contribution in [0.4, 0.5) is 13.2 Å². The topological polar surface area (TPSA) is 49.7 Å². The molecule has 1 N–H and O–H groups in total. The maximum atomic E-state index is 12.8. The Bertz CT molecular complexity index is 527. The maximum Gasteiger partial charge on any atom is 0.419 e. The molecule has 1 saturated carbocycles. The molecular formula is C13H12F3NO2. The highest BCUT2D eigenvalue weighted by Gasteiger charge is 2.42. The molecule has 1 fully saturated rings. The van der Waals surface area contributed by atoms with Gasteiger partial charge in [0.25, 0.3) is 0 Å². The van der Waals surface area contributed by atoms with E-state index >= 15 is 0 Å². The molecule has 0 saturated heterocycles. The number of phenolic OH excluding ortho intramolecular Hbond substituents is 1. The van der Waals surface area contributed by atoms with E-state index in [4.69, 9.17) is 0 Å². The third kappa shape index (κ3) is 2.36. The van der Waals surface area contributed by atoms with Gasteiger partial charge in [0, 0.05) is 5.56 Å². The molecule has 1 aliphatic carbocycles. The molecule has 2 rings (SSSR count). The lowest BCUT2D eigenvalue weighted by Gasteiger charge is -2.25. The number of hydrogen-bond acceptors (Lipinski definition) is 3. The Kier molecular flexibility index (Phi) is 3.37. The molecule has 102 valence electrons. The number of aromatic hydroxyl groups is 1. The van der Waals surface area contributed by atoms with Crippen molar-refractivity contribution < 1.29 is 23.1 Å². The molecule has 6 heteroatoms. The van der Waals surface area contributed by atoms with Crippen molar-refractivity contribution >= 4 is 6.08 Å². The van der Waals surface area contributed by atoms with E-state index in [1.807, 2.05) is 0 Å². The predicted molar refractivity (Wildman–Crippen MR) is 61.4 cm³/mol. The van der Waals surface area contributed by atoms with E-state index in [-0.39, 0.29) is 5.56 Å². The van der Waals surface area contributed by atoms with Gasteiger partial charge in [-0.1, -0.05) is 25.0 Å². The Morgan fingerprint density at radius 2 is 1.89 bits per heavy atom. The van der Waals surface area contributed by atoms with Gasteiger partial charge in [0.2, 0.25) is 6.08 Å². The Morgan fingerprint density at radius 3 is 2.42 bits per heavy atom. The van der Waals surface area contributed by atoms with Crippen LogP contribution in [0.25, 0.3) is 0 Å². The lowest BCUT2D eigenvalue weighted by atomic mass is 9.87. The summed E-state index contributed by atoms with van der Waals surface area (Å²) in [6.45, 7) is 0. The molecule has 0 unspecified atom stereocenters. The number of aliphatic imine (C=N–C) groups is 1. The predicted octanol–water partition coefficient (Wildman–Crippen LogP) is 3.52. The van der Waals surface area contributed by atoms with Crippen molar-refractivity contribution in [2.24, 2.45) is 4.99 Å². The summed E-state index contributed by atoms with van der Waals surface area (Å²) < 4.78 is 38.3. The van der Waals surface area contributed by atoms with E-state index in [0.717, 1.165) is 18.9 Å². The Hall–Kier alpha value is -1.81. The second-order valence-electron chi connectivity index (χ2n) is 4.64. The van der Waals surface area contributed by atoms with Crippen LogP contribution < -0.4 is 0 Å². The molecule has 1 aromatic rings. The minimum Gasteiger partial charge on any atom is -0.507 e. The molecule has 0 heterocycles. The number of hydrogen-bond donors (Lipinski definition) is 1. The van der Waals surface area contributed by atoms with E-state index in [0.29, 0.717) is 12.8 Å². The van der Waals surface area contributed by atoms with Crippen molar-refractivity contribution in [3.63, 3.8) is 0 Å². The minimum absolute atomic E-state index is 0.0585. The Balaban J connectivity index is 2.59. The molecule has 0 radical (unpaired) electrons. The van der Waals surface area contributed by atoms with Crippen LogP contribution in [0.5, 0.6) is 5.75 Å². The number of benzene rings is 1. The van der Waals surface area contributed by atoms with Gasteiger partial charge in [0.05, 0.1) is 5.56 Å². The highest BCUT2D eigenvalue weighted by molar-refractivity contribution is 5.48. The van der Waals surface area contributed by atoms with E-state index in [9.17, 15) is 23.1 Å². The second-order valence-corrected chi connectivity index (χ2v) is 4.64. The summed E-state index contributed by atoms with van der Waals surface area (Å²) in [6, 6.07) is 3.42. The van der Waals surface area contributed by atoms with Crippen molar-refractivity contribution in [2.45, 2.75) is 37.4 Å². The molecule has 0 amide bonds. The van der Waals surface area contributed by atoms with Crippen LogP contribution in [0, 0.1) is 0 Å². The van der Waals surface area contributed by atoms with Gasteiger partial charge in [-0.2, -0.15) is 18.2 Å². The van der Waals surface area contributed by atoms with Gasteiger partial charge in [-0.25, -0.2) is 4.79 Å². The van der Waals surface area contributed by atoms with Crippen LogP contribution in [0.3, 0.4) is 0 Å². The van der Waals surface area contributed by atoms with Gasteiger partial charge in [-0.05, 0) is 18.9 Å². The lowest BCUT2D eigenvalue weighted by Crippen LogP contribution is -2.20. The van der Waals surface area contributed by atoms with Crippen molar-refractivity contribution in [3.8, 4) is 5.75 Å². The first-order valence-electron chi connectivity index (χ1n) is 5.89. The van der Waals surface area contributed by atoms with Crippen molar-refractivity contribution in [1.82, 2.24) is 0 Å². The monoisotopic (exact) mass is 271 g/mol. The number of alkyl halides is 3. The zero-order valence-electron chi connectivity index (χ0n) is 10.00. The van der Waals surface area contributed by atoms with Crippen LogP contribution in [-0.4, -0.2) is 11.2 Å². The third-order valence-electron chi connectivity index (χ3n) is 3.53. The fraction of sp³-hybridized carbons (Fsp3) is 0.462. The summed E-state index contributed by atoms with van der Waals surface area (Å²) in [5.74, 6) is -0.837. The van der Waals surface area contributed by atoms with E-state index < -0.39 is 23.0 Å². The first-order valence-corrected chi connectivity index (χ1v) is 5.89. The first-order chi connectivity index (χ1) is 8.91. The van der Waals surface area contributed by atoms with Crippen molar-refractivity contribution in [2.75, 3.05) is 0 Å². The quantitative estimate of drug-likeness (QED) is 0.661. The van der Waals surface area contributed by atoms with Gasteiger partial charge in [-0.15, -0.1) is 0 Å². The van der Waals surface area contributed by atoms with Crippen LogP contribution in [0.15, 0.2) is 23.2 Å². The normalized spacial score (nSPS) is 18.1. The molecule has 0 atom stereocenters. The summed E-state index contributed by atoms with van der Waals surface area (Å²) in [6.07, 6.45) is -0.832. The average Bonchev–Trinajstić information content (AvgIpc) is 2.78. The molecule has 3 nitrogen and oxygen atoms in total. The fourth-order valence-corrected chi connectivity index (χ4v) is 2.64. The zero-order chi connectivity index (χ0) is 14.1. The Morgan fingerprint density at radius 1 is 1.26 bits per heavy atom. The smallest absolute Gasteiger partial charge is 0.419 e. The zero-order valence-corrected chi connectivity index (χ0v) is 10.00. The van der Waals surface area contributed by atoms with Crippen molar-refractivity contribution in [1.29, 1.82) is 0 Å². The number of halogens is 3. The molecule has 19 heavy (non-hydrogen) atoms. The van der Waals surface area contributed by atoms with Gasteiger partial charge in [-0.3, -0.25) is 0 Å². The molecule has 0 spiro atoms. The molecule has 0 aliphatic heterocycles. The molecule has 0 bridgehead atoms. The average molecular weight is 271 g/mol. The summed E-state index contributed by atoms with van der Waals surface area (Å²) >= 11 is 0. The van der Waals surface area contributed by atoms with E-state index in [1.54, 1.807) is 0 Å². The highest BCUT2D eigenvalue weighted by atomic mass is 19.4. The molecule has 0 aromatic heterocycles. The van der Waals surface area contributed by atoms with Gasteiger partial charge >= 0.3 is 6.18 Å².